The van der Waals surface area contributed by atoms with Gasteiger partial charge in [-0.2, -0.15) is 13.2 Å². The number of aromatic nitrogens is 3. The molecule has 4 heterocycles. The summed E-state index contributed by atoms with van der Waals surface area (Å²) in [7, 11) is 0. The SMILES string of the molecule is CC(O)(c1ccnc(-c2nccc3c(Cc4nc(Cl)ccc4Cl)csc23)c1)C(F)(F)F. The molecule has 0 aliphatic carbocycles. The van der Waals surface area contributed by atoms with Gasteiger partial charge in [0.1, 0.15) is 10.8 Å². The first-order valence-electron chi connectivity index (χ1n) is 9.00. The predicted octanol–water partition coefficient (Wildman–Crippen LogP) is 6.42. The van der Waals surface area contributed by atoms with Crippen molar-refractivity contribution in [2.45, 2.75) is 25.1 Å². The molecular weight excluding hydrogens is 470 g/mol. The quantitative estimate of drug-likeness (QED) is 0.340. The van der Waals surface area contributed by atoms with E-state index in [0.29, 0.717) is 34.9 Å². The molecule has 160 valence electrons. The van der Waals surface area contributed by atoms with Gasteiger partial charge in [0.2, 0.25) is 0 Å². The average molecular weight is 484 g/mol. The maximum atomic E-state index is 13.3. The van der Waals surface area contributed by atoms with E-state index in [1.165, 1.54) is 23.6 Å². The molecule has 0 saturated heterocycles. The molecule has 0 radical (unpaired) electrons. The third kappa shape index (κ3) is 4.13. The maximum absolute atomic E-state index is 13.3. The monoisotopic (exact) mass is 483 g/mol. The Hall–Kier alpha value is -2.26. The molecule has 0 amide bonds. The second kappa shape index (κ2) is 8.02. The zero-order valence-corrected chi connectivity index (χ0v) is 18.2. The lowest BCUT2D eigenvalue weighted by molar-refractivity contribution is -0.258. The largest absolute Gasteiger partial charge is 0.421 e. The fourth-order valence-corrected chi connectivity index (χ4v) is 4.52. The fourth-order valence-electron chi connectivity index (χ4n) is 3.12. The Labute approximate surface area is 189 Å². The van der Waals surface area contributed by atoms with Crippen LogP contribution in [0.15, 0.2) is 48.1 Å². The van der Waals surface area contributed by atoms with E-state index in [-0.39, 0.29) is 11.3 Å². The lowest BCUT2D eigenvalue weighted by Crippen LogP contribution is -2.39. The molecular formula is C21H14Cl2F3N3OS. The van der Waals surface area contributed by atoms with E-state index in [1.54, 1.807) is 18.3 Å². The van der Waals surface area contributed by atoms with Crippen molar-refractivity contribution in [1.29, 1.82) is 0 Å². The molecule has 4 nitrogen and oxygen atoms in total. The summed E-state index contributed by atoms with van der Waals surface area (Å²) in [6.45, 7) is 0.713. The number of alkyl halides is 3. The van der Waals surface area contributed by atoms with Crippen molar-refractivity contribution in [3.8, 4) is 11.4 Å². The Balaban J connectivity index is 1.77. The Bertz CT molecular complexity index is 1270. The maximum Gasteiger partial charge on any atom is 0.421 e. The number of pyridine rings is 3. The normalized spacial score (nSPS) is 14.0. The first-order chi connectivity index (χ1) is 14.6. The van der Waals surface area contributed by atoms with Crippen LogP contribution < -0.4 is 0 Å². The van der Waals surface area contributed by atoms with E-state index in [0.717, 1.165) is 21.7 Å². The van der Waals surface area contributed by atoms with Crippen molar-refractivity contribution in [1.82, 2.24) is 15.0 Å². The number of nitrogens with zero attached hydrogens (tertiary/aromatic N) is 3. The van der Waals surface area contributed by atoms with Crippen molar-refractivity contribution in [2.75, 3.05) is 0 Å². The summed E-state index contributed by atoms with van der Waals surface area (Å²) in [4.78, 5) is 12.8. The minimum atomic E-state index is -4.83. The van der Waals surface area contributed by atoms with Gasteiger partial charge in [-0.3, -0.25) is 9.97 Å². The van der Waals surface area contributed by atoms with Gasteiger partial charge in [0, 0.05) is 18.8 Å². The third-order valence-corrected chi connectivity index (χ3v) is 6.53. The molecule has 4 aromatic heterocycles. The minimum Gasteiger partial charge on any atom is -0.376 e. The van der Waals surface area contributed by atoms with Crippen molar-refractivity contribution in [3.63, 3.8) is 0 Å². The van der Waals surface area contributed by atoms with Gasteiger partial charge < -0.3 is 5.11 Å². The number of hydrogen-bond acceptors (Lipinski definition) is 5. The van der Waals surface area contributed by atoms with Crippen LogP contribution in [0.4, 0.5) is 13.2 Å². The highest BCUT2D eigenvalue weighted by Gasteiger charge is 2.51. The van der Waals surface area contributed by atoms with E-state index >= 15 is 0 Å². The van der Waals surface area contributed by atoms with Crippen LogP contribution in [0.1, 0.15) is 23.7 Å². The van der Waals surface area contributed by atoms with Gasteiger partial charge in [-0.15, -0.1) is 11.3 Å². The van der Waals surface area contributed by atoms with Gasteiger partial charge in [0.15, 0.2) is 5.60 Å². The highest BCUT2D eigenvalue weighted by atomic mass is 35.5. The minimum absolute atomic E-state index is 0.236. The van der Waals surface area contributed by atoms with E-state index in [4.69, 9.17) is 23.2 Å². The molecule has 0 spiro atoms. The molecule has 31 heavy (non-hydrogen) atoms. The van der Waals surface area contributed by atoms with Crippen LogP contribution in [-0.2, 0) is 12.0 Å². The Morgan fingerprint density at radius 3 is 2.55 bits per heavy atom. The zero-order valence-electron chi connectivity index (χ0n) is 15.9. The summed E-state index contributed by atoms with van der Waals surface area (Å²) in [6.07, 6.45) is -1.60. The number of hydrogen-bond donors (Lipinski definition) is 1. The summed E-state index contributed by atoms with van der Waals surface area (Å²) in [5, 5.41) is 13.6. The highest BCUT2D eigenvalue weighted by Crippen LogP contribution is 2.40. The van der Waals surface area contributed by atoms with Crippen LogP contribution in [-0.4, -0.2) is 26.2 Å². The van der Waals surface area contributed by atoms with Gasteiger partial charge >= 0.3 is 6.18 Å². The Kier molecular flexibility index (Phi) is 5.68. The lowest BCUT2D eigenvalue weighted by atomic mass is 9.95. The molecule has 1 unspecified atom stereocenters. The molecule has 0 aliphatic rings. The third-order valence-electron chi connectivity index (χ3n) is 4.93. The topological polar surface area (TPSA) is 58.9 Å². The molecule has 0 bridgehead atoms. The van der Waals surface area contributed by atoms with Crippen LogP contribution in [0.3, 0.4) is 0 Å². The van der Waals surface area contributed by atoms with Gasteiger partial charge in [0.05, 0.1) is 21.1 Å². The number of aliphatic hydroxyl groups is 1. The van der Waals surface area contributed by atoms with Crippen LogP contribution in [0.5, 0.6) is 0 Å². The first kappa shape index (κ1) is 22.0. The predicted molar refractivity (Wildman–Crippen MR) is 116 cm³/mol. The average Bonchev–Trinajstić information content (AvgIpc) is 3.13. The van der Waals surface area contributed by atoms with Crippen LogP contribution in [0.2, 0.25) is 10.2 Å². The number of thiophene rings is 1. The second-order valence-corrected chi connectivity index (χ2v) is 8.71. The fraction of sp³-hybridized carbons (Fsp3) is 0.190. The smallest absolute Gasteiger partial charge is 0.376 e. The van der Waals surface area contributed by atoms with E-state index in [1.807, 2.05) is 11.4 Å². The first-order valence-corrected chi connectivity index (χ1v) is 10.6. The number of rotatable bonds is 4. The molecule has 4 rings (SSSR count). The number of fused-ring (bicyclic) bond motifs is 1. The van der Waals surface area contributed by atoms with Crippen molar-refractivity contribution in [3.05, 3.63) is 75.1 Å². The van der Waals surface area contributed by atoms with Gasteiger partial charge in [0.25, 0.3) is 0 Å². The second-order valence-electron chi connectivity index (χ2n) is 7.04. The molecule has 0 aliphatic heterocycles. The van der Waals surface area contributed by atoms with Crippen LogP contribution in [0, 0.1) is 0 Å². The standard InChI is InChI=1S/C21H14Cl2F3N3OS/c1-20(30,21(24,25)26)12-4-6-27-16(9-12)18-19-13(5-7-28-18)11(10-31-19)8-15-14(22)2-3-17(23)29-15/h2-7,9-10,30H,8H2,1H3. The summed E-state index contributed by atoms with van der Waals surface area (Å²) in [5.74, 6) is 0. The number of halogens is 5. The summed E-state index contributed by atoms with van der Waals surface area (Å²) in [6, 6.07) is 7.46. The van der Waals surface area contributed by atoms with E-state index in [9.17, 15) is 18.3 Å². The zero-order chi connectivity index (χ0) is 22.4. The Morgan fingerprint density at radius 1 is 1.06 bits per heavy atom. The molecule has 0 aromatic carbocycles. The van der Waals surface area contributed by atoms with Crippen LogP contribution >= 0.6 is 34.5 Å². The molecule has 0 saturated carbocycles. The lowest BCUT2D eigenvalue weighted by Gasteiger charge is -2.26. The van der Waals surface area contributed by atoms with Crippen molar-refractivity contribution in [2.24, 2.45) is 0 Å². The van der Waals surface area contributed by atoms with Crippen molar-refractivity contribution >= 4 is 44.6 Å². The highest BCUT2D eigenvalue weighted by molar-refractivity contribution is 7.18. The molecule has 1 atom stereocenters. The molecule has 4 aromatic rings. The summed E-state index contributed by atoms with van der Waals surface area (Å²) >= 11 is 13.6. The van der Waals surface area contributed by atoms with Crippen molar-refractivity contribution < 1.29 is 18.3 Å². The summed E-state index contributed by atoms with van der Waals surface area (Å²) in [5.41, 5.74) is -1.10. The van der Waals surface area contributed by atoms with Gasteiger partial charge in [-0.1, -0.05) is 23.2 Å². The Morgan fingerprint density at radius 2 is 1.81 bits per heavy atom. The van der Waals surface area contributed by atoms with Gasteiger partial charge in [-0.05, 0) is 59.1 Å². The molecule has 1 N–H and O–H groups in total. The van der Waals surface area contributed by atoms with Crippen LogP contribution in [0.25, 0.3) is 21.5 Å². The summed E-state index contributed by atoms with van der Waals surface area (Å²) < 4.78 is 40.6. The van der Waals surface area contributed by atoms with E-state index in [2.05, 4.69) is 15.0 Å². The molecule has 10 heteroatoms. The van der Waals surface area contributed by atoms with E-state index < -0.39 is 11.8 Å². The molecule has 0 fully saturated rings. The van der Waals surface area contributed by atoms with Gasteiger partial charge in [-0.25, -0.2) is 4.98 Å².